The van der Waals surface area contributed by atoms with Gasteiger partial charge in [0, 0.05) is 18.3 Å². The third kappa shape index (κ3) is 2.47. The highest BCUT2D eigenvalue weighted by molar-refractivity contribution is 6.05. The van der Waals surface area contributed by atoms with E-state index in [9.17, 15) is 4.79 Å². The predicted molar refractivity (Wildman–Crippen MR) is 79.8 cm³/mol. The quantitative estimate of drug-likeness (QED) is 0.782. The van der Waals surface area contributed by atoms with Gasteiger partial charge in [-0.3, -0.25) is 4.79 Å². The van der Waals surface area contributed by atoms with Crippen LogP contribution in [0.4, 0.5) is 5.69 Å². The maximum Gasteiger partial charge on any atom is 0.255 e. The number of fused-ring (bicyclic) bond motifs is 1. The van der Waals surface area contributed by atoms with Crippen LogP contribution in [-0.4, -0.2) is 15.5 Å². The van der Waals surface area contributed by atoms with Crippen molar-refractivity contribution in [1.82, 2.24) is 9.55 Å². The lowest BCUT2D eigenvalue weighted by Crippen LogP contribution is -2.11. The lowest BCUT2D eigenvalue weighted by Gasteiger charge is -2.05. The minimum absolute atomic E-state index is 0.248. The van der Waals surface area contributed by atoms with E-state index in [1.807, 2.05) is 35.9 Å². The monoisotopic (exact) mass is 276 g/mol. The summed E-state index contributed by atoms with van der Waals surface area (Å²) in [5.74, 6) is -0.248. The van der Waals surface area contributed by atoms with Crippen molar-refractivity contribution < 1.29 is 4.79 Å². The van der Waals surface area contributed by atoms with E-state index in [0.717, 1.165) is 11.0 Å². The van der Waals surface area contributed by atoms with Crippen LogP contribution in [0.3, 0.4) is 0 Å². The van der Waals surface area contributed by atoms with Crippen LogP contribution in [0.1, 0.15) is 15.9 Å². The summed E-state index contributed by atoms with van der Waals surface area (Å²) in [4.78, 5) is 16.4. The number of imidazole rings is 1. The molecule has 102 valence electrons. The zero-order valence-corrected chi connectivity index (χ0v) is 11.4. The van der Waals surface area contributed by atoms with Crippen molar-refractivity contribution in [3.63, 3.8) is 0 Å². The molecule has 0 spiro atoms. The van der Waals surface area contributed by atoms with Crippen LogP contribution in [-0.2, 0) is 7.05 Å². The number of amides is 1. The zero-order valence-electron chi connectivity index (χ0n) is 11.4. The van der Waals surface area contributed by atoms with Gasteiger partial charge in [0.15, 0.2) is 0 Å². The van der Waals surface area contributed by atoms with Gasteiger partial charge in [0.25, 0.3) is 5.91 Å². The number of rotatable bonds is 2. The summed E-state index contributed by atoms with van der Waals surface area (Å²) in [7, 11) is 1.92. The van der Waals surface area contributed by atoms with Crippen molar-refractivity contribution in [3.8, 4) is 6.07 Å². The van der Waals surface area contributed by atoms with Crippen molar-refractivity contribution in [3.05, 3.63) is 59.9 Å². The summed E-state index contributed by atoms with van der Waals surface area (Å²) >= 11 is 0. The Bertz CT molecular complexity index is 873. The molecule has 1 N–H and O–H groups in total. The smallest absolute Gasteiger partial charge is 0.255 e. The first-order chi connectivity index (χ1) is 10.2. The van der Waals surface area contributed by atoms with E-state index in [-0.39, 0.29) is 5.91 Å². The molecule has 0 unspecified atom stereocenters. The molecule has 0 atom stereocenters. The Labute approximate surface area is 121 Å². The van der Waals surface area contributed by atoms with Crippen LogP contribution >= 0.6 is 0 Å². The van der Waals surface area contributed by atoms with E-state index in [0.29, 0.717) is 16.8 Å². The van der Waals surface area contributed by atoms with Crippen LogP contribution in [0.15, 0.2) is 48.8 Å². The van der Waals surface area contributed by atoms with Gasteiger partial charge in [-0.25, -0.2) is 4.98 Å². The van der Waals surface area contributed by atoms with Gasteiger partial charge < -0.3 is 9.88 Å². The second-order valence-electron chi connectivity index (χ2n) is 4.71. The number of aryl methyl sites for hydroxylation is 1. The molecule has 1 aromatic heterocycles. The third-order valence-corrected chi connectivity index (χ3v) is 3.24. The molecule has 0 saturated carbocycles. The largest absolute Gasteiger partial charge is 0.334 e. The number of hydrogen-bond acceptors (Lipinski definition) is 3. The van der Waals surface area contributed by atoms with Crippen molar-refractivity contribution in [2.75, 3.05) is 5.32 Å². The van der Waals surface area contributed by atoms with Gasteiger partial charge in [-0.15, -0.1) is 0 Å². The van der Waals surface area contributed by atoms with Gasteiger partial charge in [-0.05, 0) is 36.4 Å². The average molecular weight is 276 g/mol. The molecule has 0 aliphatic rings. The molecule has 3 aromatic rings. The molecule has 1 heterocycles. The summed E-state index contributed by atoms with van der Waals surface area (Å²) in [6.07, 6.45) is 1.73. The lowest BCUT2D eigenvalue weighted by atomic mass is 10.1. The standard InChI is InChI=1S/C16H12N4O/c1-20-10-18-14-8-13(5-6-15(14)20)19-16(21)12-4-2-3-11(7-12)9-17/h2-8,10H,1H3,(H,19,21). The van der Waals surface area contributed by atoms with E-state index in [1.165, 1.54) is 0 Å². The molecule has 5 heteroatoms. The Kier molecular flexibility index (Phi) is 3.13. The molecule has 0 bridgehead atoms. The van der Waals surface area contributed by atoms with E-state index in [4.69, 9.17) is 5.26 Å². The summed E-state index contributed by atoms with van der Waals surface area (Å²) in [6.45, 7) is 0. The molecule has 0 radical (unpaired) electrons. The number of carbonyl (C=O) groups is 1. The second kappa shape index (κ2) is 5.10. The van der Waals surface area contributed by atoms with Gasteiger partial charge in [-0.2, -0.15) is 5.26 Å². The summed E-state index contributed by atoms with van der Waals surface area (Å²) < 4.78 is 1.91. The first-order valence-electron chi connectivity index (χ1n) is 6.40. The Morgan fingerprint density at radius 3 is 2.95 bits per heavy atom. The molecular weight excluding hydrogens is 264 g/mol. The first kappa shape index (κ1) is 12.9. The highest BCUT2D eigenvalue weighted by atomic mass is 16.1. The minimum atomic E-state index is -0.248. The summed E-state index contributed by atoms with van der Waals surface area (Å²) in [5, 5.41) is 11.7. The normalized spacial score (nSPS) is 10.3. The van der Waals surface area contributed by atoms with Gasteiger partial charge in [0.05, 0.1) is 29.0 Å². The predicted octanol–water partition coefficient (Wildman–Crippen LogP) is 2.70. The molecule has 1 amide bonds. The van der Waals surface area contributed by atoms with Crippen LogP contribution in [0, 0.1) is 11.3 Å². The number of nitrogens with zero attached hydrogens (tertiary/aromatic N) is 3. The molecule has 21 heavy (non-hydrogen) atoms. The van der Waals surface area contributed by atoms with Gasteiger partial charge in [-0.1, -0.05) is 6.07 Å². The van der Waals surface area contributed by atoms with E-state index < -0.39 is 0 Å². The van der Waals surface area contributed by atoms with Crippen LogP contribution in [0.2, 0.25) is 0 Å². The van der Waals surface area contributed by atoms with Gasteiger partial charge in [0.2, 0.25) is 0 Å². The zero-order chi connectivity index (χ0) is 14.8. The number of hydrogen-bond donors (Lipinski definition) is 1. The lowest BCUT2D eigenvalue weighted by molar-refractivity contribution is 0.102. The van der Waals surface area contributed by atoms with E-state index >= 15 is 0 Å². The third-order valence-electron chi connectivity index (χ3n) is 3.24. The topological polar surface area (TPSA) is 70.7 Å². The fourth-order valence-electron chi connectivity index (χ4n) is 2.15. The van der Waals surface area contributed by atoms with Gasteiger partial charge in [0.1, 0.15) is 0 Å². The molecule has 3 rings (SSSR count). The first-order valence-corrected chi connectivity index (χ1v) is 6.40. The fraction of sp³-hybridized carbons (Fsp3) is 0.0625. The maximum atomic E-state index is 12.2. The Balaban J connectivity index is 1.87. The number of nitrogens with one attached hydrogen (secondary N) is 1. The van der Waals surface area contributed by atoms with Gasteiger partial charge >= 0.3 is 0 Å². The second-order valence-corrected chi connectivity index (χ2v) is 4.71. The average Bonchev–Trinajstić information content (AvgIpc) is 2.88. The summed E-state index contributed by atoms with van der Waals surface area (Å²) in [5.41, 5.74) is 3.41. The van der Waals surface area contributed by atoms with Crippen molar-refractivity contribution in [2.45, 2.75) is 0 Å². The van der Waals surface area contributed by atoms with Crippen molar-refractivity contribution in [1.29, 1.82) is 5.26 Å². The van der Waals surface area contributed by atoms with Crippen molar-refractivity contribution >= 4 is 22.6 Å². The number of nitriles is 1. The van der Waals surface area contributed by atoms with E-state index in [1.54, 1.807) is 30.6 Å². The minimum Gasteiger partial charge on any atom is -0.334 e. The number of anilines is 1. The number of aromatic nitrogens is 2. The van der Waals surface area contributed by atoms with E-state index in [2.05, 4.69) is 10.3 Å². The van der Waals surface area contributed by atoms with Crippen LogP contribution < -0.4 is 5.32 Å². The molecule has 0 saturated heterocycles. The molecule has 0 fully saturated rings. The fourth-order valence-corrected chi connectivity index (χ4v) is 2.15. The maximum absolute atomic E-state index is 12.2. The molecule has 2 aromatic carbocycles. The van der Waals surface area contributed by atoms with Crippen LogP contribution in [0.25, 0.3) is 11.0 Å². The molecule has 5 nitrogen and oxygen atoms in total. The highest BCUT2D eigenvalue weighted by Crippen LogP contribution is 2.18. The van der Waals surface area contributed by atoms with Crippen molar-refractivity contribution in [2.24, 2.45) is 7.05 Å². The Morgan fingerprint density at radius 2 is 2.14 bits per heavy atom. The Hall–Kier alpha value is -3.13. The number of benzene rings is 2. The Morgan fingerprint density at radius 1 is 1.29 bits per heavy atom. The SMILES string of the molecule is Cn1cnc2cc(NC(=O)c3cccc(C#N)c3)ccc21. The van der Waals surface area contributed by atoms with Crippen LogP contribution in [0.5, 0.6) is 0 Å². The molecule has 0 aliphatic heterocycles. The highest BCUT2D eigenvalue weighted by Gasteiger charge is 2.08. The summed E-state index contributed by atoms with van der Waals surface area (Å²) in [6, 6.07) is 14.2. The molecule has 0 aliphatic carbocycles. The molecular formula is C16H12N4O. The number of carbonyl (C=O) groups excluding carboxylic acids is 1.